The minimum absolute atomic E-state index is 0.0280. The number of carbonyl (C=O) groups is 1. The molecular weight excluding hydrogens is 380 g/mol. The lowest BCUT2D eigenvalue weighted by Crippen LogP contribution is -2.36. The molecule has 0 radical (unpaired) electrons. The van der Waals surface area contributed by atoms with Crippen LogP contribution in [-0.2, 0) is 9.53 Å². The number of carbonyl (C=O) groups excluding carboxylic acids is 1. The quantitative estimate of drug-likeness (QED) is 0.799. The molecule has 1 aliphatic heterocycles. The van der Waals surface area contributed by atoms with E-state index in [0.29, 0.717) is 18.2 Å². The first-order valence-corrected chi connectivity index (χ1v) is 8.89. The fraction of sp³-hybridized carbons (Fsp3) is 0.278. The summed E-state index contributed by atoms with van der Waals surface area (Å²) in [5.41, 5.74) is 1.77. The molecule has 2 aromatic carbocycles. The highest BCUT2D eigenvalue weighted by atomic mass is 35.5. The molecule has 0 aliphatic carbocycles. The van der Waals surface area contributed by atoms with Gasteiger partial charge in [-0.05, 0) is 36.4 Å². The van der Waals surface area contributed by atoms with Gasteiger partial charge in [0.25, 0.3) is 0 Å². The Morgan fingerprint density at radius 1 is 1.08 bits per heavy atom. The van der Waals surface area contributed by atoms with E-state index in [4.69, 9.17) is 27.9 Å². The normalized spacial score (nSPS) is 14.2. The number of amides is 1. The lowest BCUT2D eigenvalue weighted by Gasteiger charge is -2.30. The van der Waals surface area contributed by atoms with Gasteiger partial charge in [0.15, 0.2) is 0 Å². The highest BCUT2D eigenvalue weighted by Crippen LogP contribution is 2.29. The van der Waals surface area contributed by atoms with E-state index in [1.54, 1.807) is 12.1 Å². The molecule has 0 unspecified atom stereocenters. The van der Waals surface area contributed by atoms with Gasteiger partial charge >= 0.3 is 0 Å². The number of halogens is 3. The summed E-state index contributed by atoms with van der Waals surface area (Å²) >= 11 is 11.8. The molecule has 1 aliphatic rings. The van der Waals surface area contributed by atoms with Gasteiger partial charge in [0.1, 0.15) is 5.82 Å². The van der Waals surface area contributed by atoms with E-state index >= 15 is 0 Å². The summed E-state index contributed by atoms with van der Waals surface area (Å²) in [6.07, 6.45) is 0. The molecule has 26 heavy (non-hydrogen) atoms. The van der Waals surface area contributed by atoms with E-state index in [9.17, 15) is 9.18 Å². The van der Waals surface area contributed by atoms with Crippen LogP contribution in [0.3, 0.4) is 0 Å². The number of rotatable bonds is 5. The fourth-order valence-corrected chi connectivity index (χ4v) is 3.02. The summed E-state index contributed by atoms with van der Waals surface area (Å²) in [6, 6.07) is 9.57. The van der Waals surface area contributed by atoms with Gasteiger partial charge in [-0.1, -0.05) is 23.2 Å². The third-order valence-corrected chi connectivity index (χ3v) is 4.43. The average Bonchev–Trinajstić information content (AvgIpc) is 2.63. The first-order chi connectivity index (χ1) is 12.5. The second-order valence-corrected chi connectivity index (χ2v) is 6.66. The number of nitrogens with one attached hydrogen (secondary N) is 2. The van der Waals surface area contributed by atoms with Crippen LogP contribution in [-0.4, -0.2) is 38.8 Å². The molecule has 0 aromatic heterocycles. The van der Waals surface area contributed by atoms with Crippen molar-refractivity contribution in [1.29, 1.82) is 0 Å². The molecule has 5 nitrogen and oxygen atoms in total. The largest absolute Gasteiger partial charge is 0.378 e. The van der Waals surface area contributed by atoms with Crippen molar-refractivity contribution in [2.45, 2.75) is 0 Å². The van der Waals surface area contributed by atoms with Gasteiger partial charge in [-0.15, -0.1) is 0 Å². The van der Waals surface area contributed by atoms with E-state index < -0.39 is 5.82 Å². The van der Waals surface area contributed by atoms with Crippen molar-refractivity contribution in [3.8, 4) is 0 Å². The lowest BCUT2D eigenvalue weighted by atomic mass is 10.2. The van der Waals surface area contributed by atoms with Crippen LogP contribution < -0.4 is 15.5 Å². The number of anilines is 3. The van der Waals surface area contributed by atoms with E-state index in [2.05, 4.69) is 15.5 Å². The second kappa shape index (κ2) is 8.58. The summed E-state index contributed by atoms with van der Waals surface area (Å²) < 4.78 is 19.2. The van der Waals surface area contributed by atoms with Crippen molar-refractivity contribution < 1.29 is 13.9 Å². The first-order valence-electron chi connectivity index (χ1n) is 8.14. The first kappa shape index (κ1) is 18.8. The second-order valence-electron chi connectivity index (χ2n) is 5.79. The zero-order valence-corrected chi connectivity index (χ0v) is 15.4. The molecule has 0 bridgehead atoms. The molecule has 1 saturated heterocycles. The molecule has 2 N–H and O–H groups in total. The maximum atomic E-state index is 13.8. The zero-order valence-electron chi connectivity index (χ0n) is 13.9. The van der Waals surface area contributed by atoms with Gasteiger partial charge in [0.2, 0.25) is 5.91 Å². The van der Waals surface area contributed by atoms with E-state index in [1.807, 2.05) is 6.07 Å². The lowest BCUT2D eigenvalue weighted by molar-refractivity contribution is -0.114. The molecule has 138 valence electrons. The summed E-state index contributed by atoms with van der Waals surface area (Å²) in [7, 11) is 0. The van der Waals surface area contributed by atoms with Gasteiger partial charge in [-0.25, -0.2) is 4.39 Å². The van der Waals surface area contributed by atoms with E-state index in [1.165, 1.54) is 12.1 Å². The Labute approximate surface area is 161 Å². The van der Waals surface area contributed by atoms with Gasteiger partial charge in [0.05, 0.1) is 36.8 Å². The summed E-state index contributed by atoms with van der Waals surface area (Å²) in [5.74, 6) is -0.957. The summed E-state index contributed by atoms with van der Waals surface area (Å²) in [4.78, 5) is 14.3. The van der Waals surface area contributed by atoms with Gasteiger partial charge in [-0.3, -0.25) is 4.79 Å². The van der Waals surface area contributed by atoms with Crippen LogP contribution >= 0.6 is 23.2 Å². The number of nitrogens with zero attached hydrogens (tertiary/aromatic N) is 1. The number of morpholine rings is 1. The number of ether oxygens (including phenoxy) is 1. The smallest absolute Gasteiger partial charge is 0.243 e. The highest BCUT2D eigenvalue weighted by Gasteiger charge is 2.16. The maximum Gasteiger partial charge on any atom is 0.243 e. The average molecular weight is 398 g/mol. The SMILES string of the molecule is O=C(CNc1cc(Cl)ccc1N1CCOCC1)Nc1ccc(Cl)cc1F. The van der Waals surface area contributed by atoms with Crippen molar-refractivity contribution >= 4 is 46.2 Å². The van der Waals surface area contributed by atoms with Crippen molar-refractivity contribution in [3.63, 3.8) is 0 Å². The van der Waals surface area contributed by atoms with Crippen LogP contribution in [0, 0.1) is 5.82 Å². The Morgan fingerprint density at radius 3 is 2.50 bits per heavy atom. The standard InChI is InChI=1S/C18H18Cl2FN3O2/c19-12-1-3-15(14(21)9-12)23-18(25)11-22-16-10-13(20)2-4-17(16)24-5-7-26-8-6-24/h1-4,9-10,22H,5-8,11H2,(H,23,25). The molecule has 2 aromatic rings. The van der Waals surface area contributed by atoms with Gasteiger partial charge < -0.3 is 20.3 Å². The van der Waals surface area contributed by atoms with Gasteiger partial charge in [-0.2, -0.15) is 0 Å². The van der Waals surface area contributed by atoms with E-state index in [0.717, 1.165) is 30.5 Å². The Bertz CT molecular complexity index is 798. The molecule has 0 atom stereocenters. The maximum absolute atomic E-state index is 13.8. The monoisotopic (exact) mass is 397 g/mol. The highest BCUT2D eigenvalue weighted by molar-refractivity contribution is 6.31. The van der Waals surface area contributed by atoms with Gasteiger partial charge in [0, 0.05) is 23.1 Å². The topological polar surface area (TPSA) is 53.6 Å². The third-order valence-electron chi connectivity index (χ3n) is 3.95. The molecular formula is C18H18Cl2FN3O2. The molecule has 1 heterocycles. The molecule has 1 fully saturated rings. The third kappa shape index (κ3) is 4.78. The predicted molar refractivity (Wildman–Crippen MR) is 103 cm³/mol. The number of hydrogen-bond acceptors (Lipinski definition) is 4. The fourth-order valence-electron chi connectivity index (χ4n) is 2.69. The number of hydrogen-bond donors (Lipinski definition) is 2. The van der Waals surface area contributed by atoms with Crippen LogP contribution in [0.2, 0.25) is 10.0 Å². The molecule has 1 amide bonds. The van der Waals surface area contributed by atoms with Crippen LogP contribution in [0.15, 0.2) is 36.4 Å². The molecule has 8 heteroatoms. The van der Waals surface area contributed by atoms with Crippen LogP contribution in [0.1, 0.15) is 0 Å². The molecule has 3 rings (SSSR count). The minimum atomic E-state index is -0.581. The molecule has 0 spiro atoms. The van der Waals surface area contributed by atoms with Crippen molar-refractivity contribution in [2.75, 3.05) is 48.4 Å². The van der Waals surface area contributed by atoms with Crippen LogP contribution in [0.4, 0.5) is 21.5 Å². The number of benzene rings is 2. The van der Waals surface area contributed by atoms with E-state index in [-0.39, 0.29) is 23.2 Å². The zero-order chi connectivity index (χ0) is 18.5. The van der Waals surface area contributed by atoms with Crippen LogP contribution in [0.25, 0.3) is 0 Å². The minimum Gasteiger partial charge on any atom is -0.378 e. The van der Waals surface area contributed by atoms with Crippen molar-refractivity contribution in [2.24, 2.45) is 0 Å². The molecule has 0 saturated carbocycles. The van der Waals surface area contributed by atoms with Crippen LogP contribution in [0.5, 0.6) is 0 Å². The predicted octanol–water partition coefficient (Wildman–Crippen LogP) is 4.02. The summed E-state index contributed by atoms with van der Waals surface area (Å²) in [5, 5.41) is 6.43. The Balaban J connectivity index is 1.66. The Kier molecular flexibility index (Phi) is 6.19. The van der Waals surface area contributed by atoms with Crippen molar-refractivity contribution in [3.05, 3.63) is 52.3 Å². The summed E-state index contributed by atoms with van der Waals surface area (Å²) in [6.45, 7) is 2.80. The van der Waals surface area contributed by atoms with Crippen molar-refractivity contribution in [1.82, 2.24) is 0 Å². The Morgan fingerprint density at radius 2 is 1.77 bits per heavy atom. The Hall–Kier alpha value is -2.02.